The van der Waals surface area contributed by atoms with Gasteiger partial charge in [0.2, 0.25) is 5.91 Å². The molecule has 4 N–H and O–H groups in total. The van der Waals surface area contributed by atoms with Gasteiger partial charge < -0.3 is 16.2 Å². The Morgan fingerprint density at radius 1 is 1.30 bits per heavy atom. The normalized spacial score (nSPS) is 18.4. The number of amides is 1. The van der Waals surface area contributed by atoms with Crippen LogP contribution in [0.4, 0.5) is 0 Å². The van der Waals surface area contributed by atoms with Crippen molar-refractivity contribution in [1.82, 2.24) is 5.32 Å². The maximum atomic E-state index is 12.0. The highest BCUT2D eigenvalue weighted by Crippen LogP contribution is 2.35. The number of carboxylic acids is 1. The number of nitrogens with two attached hydrogens (primary N) is 1. The molecule has 0 aromatic carbocycles. The predicted octanol–water partition coefficient (Wildman–Crippen LogP) is 1.90. The van der Waals surface area contributed by atoms with Crippen LogP contribution in [-0.4, -0.2) is 29.1 Å². The number of aliphatic carboxylic acids is 1. The standard InChI is InChI=1S/C15H28N2O3/c1-11(2)12(6-9-16)4-5-13(18)17-15(7-3-8-15)10-14(19)20/h11-12H,3-10,16H2,1-2H3,(H,17,18)(H,19,20). The molecule has 0 bridgehead atoms. The first kappa shape index (κ1) is 17.0. The molecule has 5 heteroatoms. The van der Waals surface area contributed by atoms with Gasteiger partial charge in [-0.2, -0.15) is 0 Å². The van der Waals surface area contributed by atoms with Crippen LogP contribution < -0.4 is 11.1 Å². The van der Waals surface area contributed by atoms with Gasteiger partial charge in [-0.25, -0.2) is 0 Å². The predicted molar refractivity (Wildman–Crippen MR) is 78.2 cm³/mol. The minimum Gasteiger partial charge on any atom is -0.481 e. The van der Waals surface area contributed by atoms with Crippen LogP contribution in [0.15, 0.2) is 0 Å². The Morgan fingerprint density at radius 2 is 1.95 bits per heavy atom. The summed E-state index contributed by atoms with van der Waals surface area (Å²) < 4.78 is 0. The van der Waals surface area contributed by atoms with Gasteiger partial charge in [-0.15, -0.1) is 0 Å². The van der Waals surface area contributed by atoms with E-state index in [4.69, 9.17) is 10.8 Å². The fourth-order valence-corrected chi connectivity index (χ4v) is 2.94. The highest BCUT2D eigenvalue weighted by atomic mass is 16.4. The molecule has 1 aliphatic carbocycles. The maximum Gasteiger partial charge on any atom is 0.305 e. The molecule has 1 fully saturated rings. The molecule has 1 rings (SSSR count). The van der Waals surface area contributed by atoms with Crippen LogP contribution in [-0.2, 0) is 9.59 Å². The summed E-state index contributed by atoms with van der Waals surface area (Å²) in [7, 11) is 0. The second-order valence-corrected chi connectivity index (χ2v) is 6.37. The third kappa shape index (κ3) is 5.12. The maximum absolute atomic E-state index is 12.0. The van der Waals surface area contributed by atoms with E-state index in [1.807, 2.05) is 0 Å². The van der Waals surface area contributed by atoms with Crippen molar-refractivity contribution >= 4 is 11.9 Å². The number of carbonyl (C=O) groups excluding carboxylic acids is 1. The lowest BCUT2D eigenvalue weighted by atomic mass is 9.74. The summed E-state index contributed by atoms with van der Waals surface area (Å²) in [5.41, 5.74) is 5.11. The van der Waals surface area contributed by atoms with Gasteiger partial charge in [0.25, 0.3) is 0 Å². The Kier molecular flexibility index (Phi) is 6.46. The third-order valence-electron chi connectivity index (χ3n) is 4.43. The summed E-state index contributed by atoms with van der Waals surface area (Å²) in [6.45, 7) is 4.94. The van der Waals surface area contributed by atoms with Crippen LogP contribution >= 0.6 is 0 Å². The SMILES string of the molecule is CC(C)C(CCN)CCC(=O)NC1(CC(=O)O)CCC1. The molecule has 116 valence electrons. The van der Waals surface area contributed by atoms with Crippen molar-refractivity contribution in [2.75, 3.05) is 6.54 Å². The van der Waals surface area contributed by atoms with E-state index in [9.17, 15) is 9.59 Å². The second-order valence-electron chi connectivity index (χ2n) is 6.37. The Balaban J connectivity index is 2.40. The topological polar surface area (TPSA) is 92.4 Å². The fourth-order valence-electron chi connectivity index (χ4n) is 2.94. The van der Waals surface area contributed by atoms with Crippen molar-refractivity contribution in [1.29, 1.82) is 0 Å². The van der Waals surface area contributed by atoms with Crippen molar-refractivity contribution in [2.24, 2.45) is 17.6 Å². The molecule has 5 nitrogen and oxygen atoms in total. The largest absolute Gasteiger partial charge is 0.481 e. The van der Waals surface area contributed by atoms with Crippen molar-refractivity contribution < 1.29 is 14.7 Å². The highest BCUT2D eigenvalue weighted by Gasteiger charge is 2.40. The number of hydrogen-bond acceptors (Lipinski definition) is 3. The molecule has 1 amide bonds. The smallest absolute Gasteiger partial charge is 0.305 e. The lowest BCUT2D eigenvalue weighted by molar-refractivity contribution is -0.140. The number of hydrogen-bond donors (Lipinski definition) is 3. The highest BCUT2D eigenvalue weighted by molar-refractivity contribution is 5.78. The van der Waals surface area contributed by atoms with Crippen molar-refractivity contribution in [2.45, 2.75) is 64.3 Å². The van der Waals surface area contributed by atoms with E-state index in [0.717, 1.165) is 32.1 Å². The molecular weight excluding hydrogens is 256 g/mol. The van der Waals surface area contributed by atoms with Crippen LogP contribution in [0.3, 0.4) is 0 Å². The van der Waals surface area contributed by atoms with E-state index in [0.29, 0.717) is 24.8 Å². The zero-order valence-corrected chi connectivity index (χ0v) is 12.7. The number of carboxylic acid groups (broad SMARTS) is 1. The van der Waals surface area contributed by atoms with Gasteiger partial charge in [-0.05, 0) is 50.5 Å². The van der Waals surface area contributed by atoms with E-state index in [2.05, 4.69) is 19.2 Å². The van der Waals surface area contributed by atoms with Crippen molar-refractivity contribution in [3.8, 4) is 0 Å². The molecular formula is C15H28N2O3. The zero-order valence-electron chi connectivity index (χ0n) is 12.7. The molecule has 1 unspecified atom stereocenters. The number of carbonyl (C=O) groups is 2. The zero-order chi connectivity index (χ0) is 15.2. The van der Waals surface area contributed by atoms with E-state index < -0.39 is 11.5 Å². The van der Waals surface area contributed by atoms with Crippen molar-refractivity contribution in [3.63, 3.8) is 0 Å². The molecule has 0 spiro atoms. The Bertz CT molecular complexity index is 338. The first-order valence-corrected chi connectivity index (χ1v) is 7.61. The van der Waals surface area contributed by atoms with Gasteiger partial charge in [0.1, 0.15) is 0 Å². The average molecular weight is 284 g/mol. The molecule has 1 atom stereocenters. The van der Waals surface area contributed by atoms with Crippen LogP contribution in [0, 0.1) is 11.8 Å². The summed E-state index contributed by atoms with van der Waals surface area (Å²) >= 11 is 0. The molecule has 0 aromatic rings. The van der Waals surface area contributed by atoms with Crippen LogP contribution in [0.25, 0.3) is 0 Å². The second kappa shape index (κ2) is 7.62. The van der Waals surface area contributed by atoms with Gasteiger partial charge in [-0.3, -0.25) is 9.59 Å². The van der Waals surface area contributed by atoms with E-state index in [1.54, 1.807) is 0 Å². The third-order valence-corrected chi connectivity index (χ3v) is 4.43. The van der Waals surface area contributed by atoms with E-state index in [1.165, 1.54) is 0 Å². The lowest BCUT2D eigenvalue weighted by Crippen LogP contribution is -2.54. The van der Waals surface area contributed by atoms with E-state index in [-0.39, 0.29) is 12.3 Å². The molecule has 0 saturated heterocycles. The summed E-state index contributed by atoms with van der Waals surface area (Å²) in [4.78, 5) is 22.9. The quantitative estimate of drug-likeness (QED) is 0.603. The summed E-state index contributed by atoms with van der Waals surface area (Å²) in [6, 6.07) is 0. The Hall–Kier alpha value is -1.10. The molecule has 20 heavy (non-hydrogen) atoms. The van der Waals surface area contributed by atoms with Gasteiger partial charge in [0.15, 0.2) is 0 Å². The summed E-state index contributed by atoms with van der Waals surface area (Å²) in [5.74, 6) is 0.118. The Morgan fingerprint density at radius 3 is 2.35 bits per heavy atom. The van der Waals surface area contributed by atoms with Gasteiger partial charge in [-0.1, -0.05) is 13.8 Å². The first-order valence-electron chi connectivity index (χ1n) is 7.61. The van der Waals surface area contributed by atoms with Gasteiger partial charge in [0.05, 0.1) is 12.0 Å². The fraction of sp³-hybridized carbons (Fsp3) is 0.867. The van der Waals surface area contributed by atoms with Crippen LogP contribution in [0.2, 0.25) is 0 Å². The van der Waals surface area contributed by atoms with Crippen LogP contribution in [0.1, 0.15) is 58.8 Å². The monoisotopic (exact) mass is 284 g/mol. The molecule has 1 saturated carbocycles. The molecule has 0 radical (unpaired) electrons. The van der Waals surface area contributed by atoms with Crippen LogP contribution in [0.5, 0.6) is 0 Å². The summed E-state index contributed by atoms with van der Waals surface area (Å²) in [6.07, 6.45) is 4.81. The first-order chi connectivity index (χ1) is 9.38. The number of nitrogens with one attached hydrogen (secondary N) is 1. The average Bonchev–Trinajstić information content (AvgIpc) is 2.30. The van der Waals surface area contributed by atoms with Gasteiger partial charge in [0, 0.05) is 6.42 Å². The Labute approximate surface area is 121 Å². The van der Waals surface area contributed by atoms with E-state index >= 15 is 0 Å². The molecule has 0 aromatic heterocycles. The summed E-state index contributed by atoms with van der Waals surface area (Å²) in [5, 5.41) is 11.9. The molecule has 1 aliphatic rings. The molecule has 0 heterocycles. The van der Waals surface area contributed by atoms with Crippen molar-refractivity contribution in [3.05, 3.63) is 0 Å². The minimum atomic E-state index is -0.840. The minimum absolute atomic E-state index is 0.0198. The lowest BCUT2D eigenvalue weighted by Gasteiger charge is -2.41. The van der Waals surface area contributed by atoms with Gasteiger partial charge >= 0.3 is 5.97 Å². The molecule has 0 aliphatic heterocycles. The number of rotatable bonds is 9.